The van der Waals surface area contributed by atoms with Gasteiger partial charge in [-0.05, 0) is 37.1 Å². The van der Waals surface area contributed by atoms with Crippen LogP contribution in [0.15, 0.2) is 0 Å². The quantitative estimate of drug-likeness (QED) is 0.760. The van der Waals surface area contributed by atoms with Crippen LogP contribution in [0.4, 0.5) is 4.79 Å². The Morgan fingerprint density at radius 2 is 2.06 bits per heavy atom. The van der Waals surface area contributed by atoms with Crippen molar-refractivity contribution in [3.05, 3.63) is 0 Å². The Bertz CT molecular complexity index is 273. The van der Waals surface area contributed by atoms with Crippen molar-refractivity contribution in [2.75, 3.05) is 13.1 Å². The van der Waals surface area contributed by atoms with Gasteiger partial charge < -0.3 is 15.7 Å². The van der Waals surface area contributed by atoms with E-state index in [9.17, 15) is 9.90 Å². The third-order valence-electron chi connectivity index (χ3n) is 4.02. The van der Waals surface area contributed by atoms with Crippen molar-refractivity contribution < 1.29 is 9.90 Å². The summed E-state index contributed by atoms with van der Waals surface area (Å²) in [5.74, 6) is 0.663. The monoisotopic (exact) mass is 256 g/mol. The average molecular weight is 256 g/mol. The Hall–Kier alpha value is -0.770. The maximum atomic E-state index is 11.3. The lowest BCUT2D eigenvalue weighted by atomic mass is 9.76. The summed E-state index contributed by atoms with van der Waals surface area (Å²) in [4.78, 5) is 12.9. The first-order valence-corrected chi connectivity index (χ1v) is 7.06. The zero-order valence-electron chi connectivity index (χ0n) is 12.0. The summed E-state index contributed by atoms with van der Waals surface area (Å²) in [6, 6.07) is 0.145. The SMILES string of the molecule is CC(C)(C)C1CC(CCCCN)CCN1C(=O)O. The fraction of sp³-hybridized carbons (Fsp3) is 0.929. The third kappa shape index (κ3) is 4.16. The van der Waals surface area contributed by atoms with Gasteiger partial charge in [0.1, 0.15) is 0 Å². The maximum absolute atomic E-state index is 11.3. The van der Waals surface area contributed by atoms with Crippen molar-refractivity contribution in [3.63, 3.8) is 0 Å². The van der Waals surface area contributed by atoms with Gasteiger partial charge in [-0.2, -0.15) is 0 Å². The predicted octanol–water partition coefficient (Wildman–Crippen LogP) is 2.92. The molecule has 0 saturated carbocycles. The van der Waals surface area contributed by atoms with Crippen LogP contribution in [0, 0.1) is 11.3 Å². The molecule has 2 unspecified atom stereocenters. The summed E-state index contributed by atoms with van der Waals surface area (Å²) in [5, 5.41) is 9.28. The molecule has 1 aliphatic rings. The molecular formula is C14H28N2O2. The second-order valence-electron chi connectivity index (χ2n) is 6.53. The number of amides is 1. The lowest BCUT2D eigenvalue weighted by Crippen LogP contribution is -2.51. The van der Waals surface area contributed by atoms with E-state index in [0.717, 1.165) is 25.8 Å². The van der Waals surface area contributed by atoms with Crippen LogP contribution in [-0.4, -0.2) is 35.2 Å². The van der Waals surface area contributed by atoms with Crippen molar-refractivity contribution in [1.29, 1.82) is 0 Å². The summed E-state index contributed by atoms with van der Waals surface area (Å²) in [6.45, 7) is 7.85. The minimum Gasteiger partial charge on any atom is -0.465 e. The maximum Gasteiger partial charge on any atom is 0.407 e. The number of carbonyl (C=O) groups is 1. The molecule has 0 bridgehead atoms. The van der Waals surface area contributed by atoms with Gasteiger partial charge >= 0.3 is 6.09 Å². The summed E-state index contributed by atoms with van der Waals surface area (Å²) < 4.78 is 0. The van der Waals surface area contributed by atoms with E-state index in [1.165, 1.54) is 12.8 Å². The van der Waals surface area contributed by atoms with E-state index in [-0.39, 0.29) is 11.5 Å². The van der Waals surface area contributed by atoms with Gasteiger partial charge in [0.25, 0.3) is 0 Å². The number of likely N-dealkylation sites (tertiary alicyclic amines) is 1. The molecule has 1 rings (SSSR count). The number of hydrogen-bond acceptors (Lipinski definition) is 2. The summed E-state index contributed by atoms with van der Waals surface area (Å²) in [5.41, 5.74) is 5.54. The molecule has 4 nitrogen and oxygen atoms in total. The van der Waals surface area contributed by atoms with Gasteiger partial charge in [-0.1, -0.05) is 33.6 Å². The minimum atomic E-state index is -0.768. The predicted molar refractivity (Wildman–Crippen MR) is 73.6 cm³/mol. The molecule has 3 N–H and O–H groups in total. The van der Waals surface area contributed by atoms with E-state index in [1.54, 1.807) is 4.90 Å². The smallest absolute Gasteiger partial charge is 0.407 e. The molecule has 1 fully saturated rings. The van der Waals surface area contributed by atoms with E-state index in [0.29, 0.717) is 12.5 Å². The normalized spacial score (nSPS) is 25.2. The molecule has 0 aromatic heterocycles. The second-order valence-corrected chi connectivity index (χ2v) is 6.53. The molecule has 1 aliphatic heterocycles. The fourth-order valence-corrected chi connectivity index (χ4v) is 2.93. The molecule has 0 spiro atoms. The minimum absolute atomic E-state index is 0.0188. The number of carboxylic acid groups (broad SMARTS) is 1. The highest BCUT2D eigenvalue weighted by molar-refractivity contribution is 5.65. The Morgan fingerprint density at radius 1 is 1.39 bits per heavy atom. The van der Waals surface area contributed by atoms with Gasteiger partial charge in [0.2, 0.25) is 0 Å². The van der Waals surface area contributed by atoms with Crippen molar-refractivity contribution >= 4 is 6.09 Å². The Kier molecular flexibility index (Phi) is 5.45. The molecule has 4 heteroatoms. The van der Waals surface area contributed by atoms with Gasteiger partial charge in [0.15, 0.2) is 0 Å². The first-order chi connectivity index (χ1) is 8.36. The summed E-state index contributed by atoms with van der Waals surface area (Å²) >= 11 is 0. The zero-order valence-corrected chi connectivity index (χ0v) is 12.0. The van der Waals surface area contributed by atoms with Crippen LogP contribution in [0.5, 0.6) is 0 Å². The van der Waals surface area contributed by atoms with E-state index in [1.807, 2.05) is 0 Å². The average Bonchev–Trinajstić information content (AvgIpc) is 2.28. The van der Waals surface area contributed by atoms with Crippen LogP contribution >= 0.6 is 0 Å². The van der Waals surface area contributed by atoms with E-state index < -0.39 is 6.09 Å². The molecule has 0 radical (unpaired) electrons. The first-order valence-electron chi connectivity index (χ1n) is 7.06. The highest BCUT2D eigenvalue weighted by Crippen LogP contribution is 2.36. The molecular weight excluding hydrogens is 228 g/mol. The van der Waals surface area contributed by atoms with Crippen LogP contribution in [-0.2, 0) is 0 Å². The number of nitrogens with zero attached hydrogens (tertiary/aromatic N) is 1. The largest absolute Gasteiger partial charge is 0.465 e. The van der Waals surface area contributed by atoms with E-state index in [2.05, 4.69) is 20.8 Å². The molecule has 1 amide bonds. The highest BCUT2D eigenvalue weighted by atomic mass is 16.4. The molecule has 2 atom stereocenters. The Balaban J connectivity index is 2.59. The van der Waals surface area contributed by atoms with Gasteiger partial charge in [-0.15, -0.1) is 0 Å². The van der Waals surface area contributed by atoms with E-state index >= 15 is 0 Å². The molecule has 0 aliphatic carbocycles. The van der Waals surface area contributed by atoms with Crippen LogP contribution in [0.1, 0.15) is 52.9 Å². The molecule has 0 aromatic carbocycles. The standard InChI is InChI=1S/C14H28N2O2/c1-14(2,3)12-10-11(6-4-5-8-15)7-9-16(12)13(17)18/h11-12H,4-10,15H2,1-3H3,(H,17,18). The summed E-state index contributed by atoms with van der Waals surface area (Å²) in [7, 11) is 0. The number of piperidine rings is 1. The van der Waals surface area contributed by atoms with Gasteiger partial charge in [0.05, 0.1) is 0 Å². The topological polar surface area (TPSA) is 66.6 Å². The number of rotatable bonds is 4. The van der Waals surface area contributed by atoms with Crippen molar-refractivity contribution in [3.8, 4) is 0 Å². The van der Waals surface area contributed by atoms with Gasteiger partial charge in [-0.3, -0.25) is 0 Å². The highest BCUT2D eigenvalue weighted by Gasteiger charge is 2.38. The van der Waals surface area contributed by atoms with Crippen LogP contribution in [0.2, 0.25) is 0 Å². The third-order valence-corrected chi connectivity index (χ3v) is 4.02. The molecule has 1 saturated heterocycles. The molecule has 18 heavy (non-hydrogen) atoms. The second kappa shape index (κ2) is 6.41. The van der Waals surface area contributed by atoms with Gasteiger partial charge in [0, 0.05) is 12.6 Å². The van der Waals surface area contributed by atoms with Crippen molar-refractivity contribution in [2.24, 2.45) is 17.1 Å². The van der Waals surface area contributed by atoms with Gasteiger partial charge in [-0.25, -0.2) is 4.79 Å². The number of hydrogen-bond donors (Lipinski definition) is 2. The number of nitrogens with two attached hydrogens (primary N) is 1. The molecule has 1 heterocycles. The summed E-state index contributed by atoms with van der Waals surface area (Å²) in [6.07, 6.45) is 4.68. The Labute approximate surface area is 111 Å². The van der Waals surface area contributed by atoms with Crippen molar-refractivity contribution in [1.82, 2.24) is 4.90 Å². The Morgan fingerprint density at radius 3 is 2.56 bits per heavy atom. The first kappa shape index (κ1) is 15.3. The van der Waals surface area contributed by atoms with Crippen LogP contribution < -0.4 is 5.73 Å². The van der Waals surface area contributed by atoms with E-state index in [4.69, 9.17) is 5.73 Å². The van der Waals surface area contributed by atoms with Crippen LogP contribution in [0.3, 0.4) is 0 Å². The lowest BCUT2D eigenvalue weighted by Gasteiger charge is -2.44. The molecule has 106 valence electrons. The lowest BCUT2D eigenvalue weighted by molar-refractivity contribution is 0.0386. The van der Waals surface area contributed by atoms with Crippen molar-refractivity contribution in [2.45, 2.75) is 58.9 Å². The fourth-order valence-electron chi connectivity index (χ4n) is 2.93. The van der Waals surface area contributed by atoms with Crippen LogP contribution in [0.25, 0.3) is 0 Å². The number of unbranched alkanes of at least 4 members (excludes halogenated alkanes) is 1. The zero-order chi connectivity index (χ0) is 13.8. The molecule has 0 aromatic rings.